The van der Waals surface area contributed by atoms with Gasteiger partial charge in [-0.25, -0.2) is 4.98 Å². The first kappa shape index (κ1) is 11.7. The van der Waals surface area contributed by atoms with E-state index in [2.05, 4.69) is 11.1 Å². The van der Waals surface area contributed by atoms with Crippen molar-refractivity contribution in [3.05, 3.63) is 46.1 Å². The summed E-state index contributed by atoms with van der Waals surface area (Å²) in [4.78, 5) is 3.96. The highest BCUT2D eigenvalue weighted by Gasteiger charge is 2.13. The van der Waals surface area contributed by atoms with Crippen LogP contribution in [0.15, 0.2) is 30.5 Å². The topological polar surface area (TPSA) is 62.7 Å². The molecule has 0 atom stereocenters. The molecule has 0 amide bonds. The molecule has 0 saturated carbocycles. The minimum atomic E-state index is 0.272. The Balaban J connectivity index is 2.73. The van der Waals surface area contributed by atoms with Gasteiger partial charge in [-0.2, -0.15) is 5.26 Å². The number of rotatable bonds is 1. The summed E-state index contributed by atoms with van der Waals surface area (Å²) < 4.78 is 0. The molecule has 0 aliphatic rings. The van der Waals surface area contributed by atoms with E-state index in [1.165, 1.54) is 6.20 Å². The molecule has 17 heavy (non-hydrogen) atoms. The largest absolute Gasteiger partial charge is 0.383 e. The Morgan fingerprint density at radius 3 is 2.65 bits per heavy atom. The van der Waals surface area contributed by atoms with Crippen LogP contribution in [0.3, 0.4) is 0 Å². The van der Waals surface area contributed by atoms with Gasteiger partial charge < -0.3 is 5.73 Å². The van der Waals surface area contributed by atoms with Gasteiger partial charge in [-0.05, 0) is 18.2 Å². The van der Waals surface area contributed by atoms with Crippen LogP contribution in [0.2, 0.25) is 10.0 Å². The molecule has 2 rings (SSSR count). The highest BCUT2D eigenvalue weighted by Crippen LogP contribution is 2.34. The van der Waals surface area contributed by atoms with Crippen molar-refractivity contribution in [1.82, 2.24) is 4.98 Å². The third kappa shape index (κ3) is 2.19. The Morgan fingerprint density at radius 2 is 2.00 bits per heavy atom. The van der Waals surface area contributed by atoms with Crippen molar-refractivity contribution < 1.29 is 0 Å². The van der Waals surface area contributed by atoms with Crippen LogP contribution < -0.4 is 5.73 Å². The Bertz CT molecular complexity index is 618. The lowest BCUT2D eigenvalue weighted by Gasteiger charge is -2.09. The van der Waals surface area contributed by atoms with Gasteiger partial charge in [0.2, 0.25) is 0 Å². The zero-order valence-corrected chi connectivity index (χ0v) is 10.1. The molecule has 0 spiro atoms. The van der Waals surface area contributed by atoms with Gasteiger partial charge in [0.15, 0.2) is 0 Å². The number of pyridine rings is 1. The Hall–Kier alpha value is -1.76. The molecule has 0 aliphatic heterocycles. The van der Waals surface area contributed by atoms with E-state index in [-0.39, 0.29) is 5.82 Å². The van der Waals surface area contributed by atoms with Crippen LogP contribution in [-0.2, 0) is 0 Å². The van der Waals surface area contributed by atoms with Crippen molar-refractivity contribution >= 4 is 29.0 Å². The SMILES string of the molecule is N#Cc1ccnc(N)c1-c1ccc(Cl)cc1Cl. The summed E-state index contributed by atoms with van der Waals surface area (Å²) in [5.41, 5.74) is 7.40. The van der Waals surface area contributed by atoms with E-state index in [0.717, 1.165) is 0 Å². The predicted molar refractivity (Wildman–Crippen MR) is 68.8 cm³/mol. The number of nitrogens with zero attached hydrogens (tertiary/aromatic N) is 2. The molecule has 0 aliphatic carbocycles. The molecule has 0 radical (unpaired) electrons. The summed E-state index contributed by atoms with van der Waals surface area (Å²) in [5.74, 6) is 0.272. The summed E-state index contributed by atoms with van der Waals surface area (Å²) in [6.45, 7) is 0. The van der Waals surface area contributed by atoms with Crippen LogP contribution in [-0.4, -0.2) is 4.98 Å². The van der Waals surface area contributed by atoms with E-state index in [1.807, 2.05) is 0 Å². The molecule has 0 bridgehead atoms. The third-order valence-corrected chi connectivity index (χ3v) is 2.85. The molecule has 5 heteroatoms. The van der Waals surface area contributed by atoms with E-state index in [0.29, 0.717) is 26.7 Å². The highest BCUT2D eigenvalue weighted by molar-refractivity contribution is 6.36. The Morgan fingerprint density at radius 1 is 1.24 bits per heavy atom. The van der Waals surface area contributed by atoms with E-state index < -0.39 is 0 Å². The van der Waals surface area contributed by atoms with Gasteiger partial charge >= 0.3 is 0 Å². The Kier molecular flexibility index (Phi) is 3.19. The molecule has 2 N–H and O–H groups in total. The summed E-state index contributed by atoms with van der Waals surface area (Å²) in [6, 6.07) is 8.67. The fraction of sp³-hybridized carbons (Fsp3) is 0. The van der Waals surface area contributed by atoms with Crippen LogP contribution in [0.4, 0.5) is 5.82 Å². The highest BCUT2D eigenvalue weighted by atomic mass is 35.5. The van der Waals surface area contributed by atoms with Crippen molar-refractivity contribution in [2.75, 3.05) is 5.73 Å². The van der Waals surface area contributed by atoms with Crippen LogP contribution in [0.1, 0.15) is 5.56 Å². The minimum absolute atomic E-state index is 0.272. The molecular formula is C12H7Cl2N3. The zero-order valence-electron chi connectivity index (χ0n) is 8.61. The van der Waals surface area contributed by atoms with Crippen molar-refractivity contribution in [3.63, 3.8) is 0 Å². The van der Waals surface area contributed by atoms with Gasteiger partial charge in [-0.1, -0.05) is 29.3 Å². The van der Waals surface area contributed by atoms with Crippen molar-refractivity contribution in [3.8, 4) is 17.2 Å². The lowest BCUT2D eigenvalue weighted by molar-refractivity contribution is 1.32. The maximum atomic E-state index is 9.05. The number of hydrogen-bond donors (Lipinski definition) is 1. The number of aromatic nitrogens is 1. The van der Waals surface area contributed by atoms with Crippen LogP contribution in [0, 0.1) is 11.3 Å². The van der Waals surface area contributed by atoms with Gasteiger partial charge in [-0.3, -0.25) is 0 Å². The second-order valence-electron chi connectivity index (χ2n) is 3.35. The quantitative estimate of drug-likeness (QED) is 0.857. The molecule has 3 nitrogen and oxygen atoms in total. The minimum Gasteiger partial charge on any atom is -0.383 e. The molecule has 0 saturated heterocycles. The van der Waals surface area contributed by atoms with Crippen molar-refractivity contribution in [2.45, 2.75) is 0 Å². The van der Waals surface area contributed by atoms with Gasteiger partial charge in [0.05, 0.1) is 16.7 Å². The smallest absolute Gasteiger partial charge is 0.132 e. The van der Waals surface area contributed by atoms with Crippen LogP contribution in [0.5, 0.6) is 0 Å². The van der Waals surface area contributed by atoms with Crippen molar-refractivity contribution in [2.24, 2.45) is 0 Å². The third-order valence-electron chi connectivity index (χ3n) is 2.30. The molecule has 0 unspecified atom stereocenters. The molecule has 0 fully saturated rings. The van der Waals surface area contributed by atoms with Gasteiger partial charge in [0.25, 0.3) is 0 Å². The fourth-order valence-electron chi connectivity index (χ4n) is 1.55. The number of hydrogen-bond acceptors (Lipinski definition) is 3. The normalized spacial score (nSPS) is 9.94. The Labute approximate surface area is 108 Å². The second-order valence-corrected chi connectivity index (χ2v) is 4.20. The first-order chi connectivity index (χ1) is 8.13. The van der Waals surface area contributed by atoms with Crippen molar-refractivity contribution in [1.29, 1.82) is 5.26 Å². The molecule has 1 aromatic heterocycles. The average Bonchev–Trinajstić information content (AvgIpc) is 2.30. The summed E-state index contributed by atoms with van der Waals surface area (Å²) >= 11 is 11.9. The lowest BCUT2D eigenvalue weighted by Crippen LogP contribution is -1.97. The average molecular weight is 264 g/mol. The van der Waals surface area contributed by atoms with Crippen LogP contribution >= 0.6 is 23.2 Å². The number of halogens is 2. The van der Waals surface area contributed by atoms with Crippen LogP contribution in [0.25, 0.3) is 11.1 Å². The second kappa shape index (κ2) is 4.62. The summed E-state index contributed by atoms with van der Waals surface area (Å²) in [6.07, 6.45) is 1.49. The maximum Gasteiger partial charge on any atom is 0.132 e. The predicted octanol–water partition coefficient (Wildman–Crippen LogP) is 3.51. The number of nitrogen functional groups attached to an aromatic ring is 1. The molecular weight excluding hydrogens is 257 g/mol. The van der Waals surface area contributed by atoms with Gasteiger partial charge in [0.1, 0.15) is 5.82 Å². The van der Waals surface area contributed by atoms with E-state index in [9.17, 15) is 0 Å². The first-order valence-electron chi connectivity index (χ1n) is 4.73. The number of nitrogens with two attached hydrogens (primary N) is 1. The summed E-state index contributed by atoms with van der Waals surface area (Å²) in [7, 11) is 0. The standard InChI is InChI=1S/C12H7Cl2N3/c13-8-1-2-9(10(14)5-8)11-7(6-15)3-4-17-12(11)16/h1-5H,(H2,16,17). The number of nitriles is 1. The zero-order chi connectivity index (χ0) is 12.4. The van der Waals surface area contributed by atoms with Gasteiger partial charge in [-0.15, -0.1) is 0 Å². The van der Waals surface area contributed by atoms with E-state index in [4.69, 9.17) is 34.2 Å². The summed E-state index contributed by atoms with van der Waals surface area (Å²) in [5, 5.41) is 10.0. The lowest BCUT2D eigenvalue weighted by atomic mass is 10.0. The van der Waals surface area contributed by atoms with E-state index in [1.54, 1.807) is 24.3 Å². The number of benzene rings is 1. The number of anilines is 1. The van der Waals surface area contributed by atoms with Gasteiger partial charge in [0, 0.05) is 22.3 Å². The molecule has 84 valence electrons. The maximum absolute atomic E-state index is 9.05. The molecule has 1 heterocycles. The van der Waals surface area contributed by atoms with E-state index >= 15 is 0 Å². The first-order valence-corrected chi connectivity index (χ1v) is 5.49. The molecule has 2 aromatic rings. The molecule has 1 aromatic carbocycles. The fourth-order valence-corrected chi connectivity index (χ4v) is 2.05. The monoisotopic (exact) mass is 263 g/mol.